The van der Waals surface area contributed by atoms with E-state index in [0.29, 0.717) is 12.6 Å². The van der Waals surface area contributed by atoms with Crippen LogP contribution in [0.5, 0.6) is 0 Å². The van der Waals surface area contributed by atoms with E-state index in [1.165, 1.54) is 25.7 Å². The van der Waals surface area contributed by atoms with Gasteiger partial charge in [0, 0.05) is 12.1 Å². The molecular formula is C15H28N2O2. The van der Waals surface area contributed by atoms with Crippen LogP contribution in [0.4, 0.5) is 0 Å². The Kier molecular flexibility index (Phi) is 6.11. The van der Waals surface area contributed by atoms with Crippen LogP contribution in [-0.2, 0) is 4.79 Å². The first-order valence-corrected chi connectivity index (χ1v) is 7.96. The summed E-state index contributed by atoms with van der Waals surface area (Å²) in [6.07, 6.45) is 11.2. The van der Waals surface area contributed by atoms with Gasteiger partial charge in [-0.3, -0.25) is 4.79 Å². The van der Waals surface area contributed by atoms with Crippen LogP contribution in [0, 0.1) is 0 Å². The zero-order chi connectivity index (χ0) is 13.5. The maximum absolute atomic E-state index is 11.9. The summed E-state index contributed by atoms with van der Waals surface area (Å²) in [5, 5.41) is 16.2. The lowest BCUT2D eigenvalue weighted by atomic mass is 9.92. The van der Waals surface area contributed by atoms with E-state index in [9.17, 15) is 9.90 Å². The van der Waals surface area contributed by atoms with Crippen molar-refractivity contribution in [1.82, 2.24) is 10.6 Å². The Morgan fingerprint density at radius 3 is 2.26 bits per heavy atom. The Balaban J connectivity index is 1.65. The second-order valence-corrected chi connectivity index (χ2v) is 6.10. The fraction of sp³-hybridized carbons (Fsp3) is 0.933. The largest absolute Gasteiger partial charge is 0.392 e. The molecule has 4 heteroatoms. The third-order valence-electron chi connectivity index (χ3n) is 4.47. The van der Waals surface area contributed by atoms with Crippen LogP contribution in [0.2, 0.25) is 0 Å². The van der Waals surface area contributed by atoms with Gasteiger partial charge in [-0.05, 0) is 25.7 Å². The summed E-state index contributed by atoms with van der Waals surface area (Å²) in [6.45, 7) is 0.345. The van der Waals surface area contributed by atoms with Crippen molar-refractivity contribution in [2.75, 3.05) is 6.54 Å². The molecule has 0 heterocycles. The fourth-order valence-electron chi connectivity index (χ4n) is 3.28. The Morgan fingerprint density at radius 1 is 0.947 bits per heavy atom. The van der Waals surface area contributed by atoms with E-state index in [0.717, 1.165) is 38.5 Å². The number of hydrogen-bond donors (Lipinski definition) is 3. The van der Waals surface area contributed by atoms with Gasteiger partial charge in [-0.1, -0.05) is 38.5 Å². The van der Waals surface area contributed by atoms with E-state index >= 15 is 0 Å². The van der Waals surface area contributed by atoms with Crippen LogP contribution >= 0.6 is 0 Å². The Hall–Kier alpha value is -0.610. The average molecular weight is 268 g/mol. The number of aliphatic hydroxyl groups excluding tert-OH is 1. The summed E-state index contributed by atoms with van der Waals surface area (Å²) in [5.41, 5.74) is 0. The van der Waals surface area contributed by atoms with Crippen LogP contribution in [0.15, 0.2) is 0 Å². The molecule has 2 fully saturated rings. The minimum Gasteiger partial charge on any atom is -0.392 e. The first-order valence-electron chi connectivity index (χ1n) is 7.96. The van der Waals surface area contributed by atoms with Gasteiger partial charge in [0.1, 0.15) is 0 Å². The molecule has 2 saturated carbocycles. The zero-order valence-electron chi connectivity index (χ0n) is 11.9. The van der Waals surface area contributed by atoms with Gasteiger partial charge in [0.15, 0.2) is 0 Å². The Bertz CT molecular complexity index is 275. The van der Waals surface area contributed by atoms with Gasteiger partial charge >= 0.3 is 0 Å². The van der Waals surface area contributed by atoms with Crippen LogP contribution in [0.1, 0.15) is 64.2 Å². The van der Waals surface area contributed by atoms with Crippen LogP contribution in [0.25, 0.3) is 0 Å². The van der Waals surface area contributed by atoms with Crippen LogP contribution in [0.3, 0.4) is 0 Å². The van der Waals surface area contributed by atoms with E-state index in [-0.39, 0.29) is 18.1 Å². The molecule has 0 aromatic rings. The smallest absolute Gasteiger partial charge is 0.234 e. The van der Waals surface area contributed by atoms with E-state index in [1.54, 1.807) is 0 Å². The number of aliphatic hydroxyl groups is 1. The molecule has 2 aliphatic rings. The number of nitrogens with one attached hydrogen (secondary N) is 2. The van der Waals surface area contributed by atoms with Crippen molar-refractivity contribution in [3.8, 4) is 0 Å². The molecule has 2 aliphatic carbocycles. The molecule has 1 amide bonds. The topological polar surface area (TPSA) is 61.4 Å². The minimum atomic E-state index is -0.278. The lowest BCUT2D eigenvalue weighted by Gasteiger charge is -2.28. The highest BCUT2D eigenvalue weighted by molar-refractivity contribution is 5.78. The highest BCUT2D eigenvalue weighted by Gasteiger charge is 2.23. The SMILES string of the molecule is O=C(CNC1CCCCC1O)NC1CCCCCC1. The minimum absolute atomic E-state index is 0.0877. The van der Waals surface area contributed by atoms with E-state index in [2.05, 4.69) is 10.6 Å². The zero-order valence-corrected chi connectivity index (χ0v) is 11.9. The monoisotopic (exact) mass is 268 g/mol. The molecule has 0 saturated heterocycles. The standard InChI is InChI=1S/C15H28N2O2/c18-14-10-6-5-9-13(14)16-11-15(19)17-12-7-3-1-2-4-8-12/h12-14,16,18H,1-11H2,(H,17,19). The molecule has 3 N–H and O–H groups in total. The molecular weight excluding hydrogens is 240 g/mol. The van der Waals surface area contributed by atoms with Gasteiger partial charge < -0.3 is 15.7 Å². The summed E-state index contributed by atoms with van der Waals surface area (Å²) in [5.74, 6) is 0.0877. The maximum Gasteiger partial charge on any atom is 0.234 e. The molecule has 0 spiro atoms. The van der Waals surface area contributed by atoms with Crippen molar-refractivity contribution in [3.05, 3.63) is 0 Å². The molecule has 110 valence electrons. The van der Waals surface area contributed by atoms with E-state index < -0.39 is 0 Å². The van der Waals surface area contributed by atoms with Gasteiger partial charge in [-0.15, -0.1) is 0 Å². The Morgan fingerprint density at radius 2 is 1.58 bits per heavy atom. The van der Waals surface area contributed by atoms with Crippen molar-refractivity contribution < 1.29 is 9.90 Å². The molecule has 0 aliphatic heterocycles. The maximum atomic E-state index is 11.9. The predicted molar refractivity (Wildman–Crippen MR) is 75.9 cm³/mol. The normalized spacial score (nSPS) is 29.7. The molecule has 0 radical (unpaired) electrons. The fourth-order valence-corrected chi connectivity index (χ4v) is 3.28. The second kappa shape index (κ2) is 7.85. The molecule has 4 nitrogen and oxygen atoms in total. The molecule has 2 atom stereocenters. The molecule has 19 heavy (non-hydrogen) atoms. The first kappa shape index (κ1) is 14.8. The molecule has 0 aromatic carbocycles. The van der Waals surface area contributed by atoms with Crippen molar-refractivity contribution >= 4 is 5.91 Å². The van der Waals surface area contributed by atoms with Crippen molar-refractivity contribution in [3.63, 3.8) is 0 Å². The summed E-state index contributed by atoms with van der Waals surface area (Å²) in [7, 11) is 0. The molecule has 0 bridgehead atoms. The highest BCUT2D eigenvalue weighted by atomic mass is 16.3. The quantitative estimate of drug-likeness (QED) is 0.680. The summed E-state index contributed by atoms with van der Waals surface area (Å²) >= 11 is 0. The third-order valence-corrected chi connectivity index (χ3v) is 4.47. The lowest BCUT2D eigenvalue weighted by Crippen LogP contribution is -2.47. The number of rotatable bonds is 4. The van der Waals surface area contributed by atoms with E-state index in [1.807, 2.05) is 0 Å². The van der Waals surface area contributed by atoms with Gasteiger partial charge in [0.25, 0.3) is 0 Å². The van der Waals surface area contributed by atoms with E-state index in [4.69, 9.17) is 0 Å². The van der Waals surface area contributed by atoms with Gasteiger partial charge in [-0.25, -0.2) is 0 Å². The predicted octanol–water partition coefficient (Wildman–Crippen LogP) is 1.72. The van der Waals surface area contributed by atoms with Gasteiger partial charge in [-0.2, -0.15) is 0 Å². The first-order chi connectivity index (χ1) is 9.25. The second-order valence-electron chi connectivity index (χ2n) is 6.10. The molecule has 2 unspecified atom stereocenters. The van der Waals surface area contributed by atoms with Gasteiger partial charge in [0.05, 0.1) is 12.6 Å². The average Bonchev–Trinajstić information content (AvgIpc) is 2.66. The number of carbonyl (C=O) groups is 1. The summed E-state index contributed by atoms with van der Waals surface area (Å²) < 4.78 is 0. The lowest BCUT2D eigenvalue weighted by molar-refractivity contribution is -0.121. The van der Waals surface area contributed by atoms with Crippen LogP contribution < -0.4 is 10.6 Å². The third kappa shape index (κ3) is 5.11. The van der Waals surface area contributed by atoms with Crippen molar-refractivity contribution in [1.29, 1.82) is 0 Å². The number of carbonyl (C=O) groups excluding carboxylic acids is 1. The Labute approximate surface area is 116 Å². The molecule has 0 aromatic heterocycles. The summed E-state index contributed by atoms with van der Waals surface area (Å²) in [6, 6.07) is 0.474. The summed E-state index contributed by atoms with van der Waals surface area (Å²) in [4.78, 5) is 11.9. The van der Waals surface area contributed by atoms with Gasteiger partial charge in [0.2, 0.25) is 5.91 Å². The van der Waals surface area contributed by atoms with Crippen LogP contribution in [-0.4, -0.2) is 35.7 Å². The number of hydrogen-bond acceptors (Lipinski definition) is 3. The van der Waals surface area contributed by atoms with Crippen molar-refractivity contribution in [2.24, 2.45) is 0 Å². The highest BCUT2D eigenvalue weighted by Crippen LogP contribution is 2.18. The molecule has 2 rings (SSSR count). The van der Waals surface area contributed by atoms with Crippen molar-refractivity contribution in [2.45, 2.75) is 82.4 Å². The number of amides is 1.